The molecule has 0 fully saturated rings. The summed E-state index contributed by atoms with van der Waals surface area (Å²) in [6, 6.07) is 3.82. The van der Waals surface area contributed by atoms with Gasteiger partial charge in [-0.25, -0.2) is 9.97 Å². The zero-order valence-corrected chi connectivity index (χ0v) is 9.32. The molecule has 0 aliphatic carbocycles. The van der Waals surface area contributed by atoms with E-state index in [1.165, 1.54) is 0 Å². The van der Waals surface area contributed by atoms with Gasteiger partial charge in [-0.15, -0.1) is 0 Å². The summed E-state index contributed by atoms with van der Waals surface area (Å²) in [5, 5.41) is 1.90. The van der Waals surface area contributed by atoms with E-state index in [1.54, 1.807) is 0 Å². The van der Waals surface area contributed by atoms with Crippen LogP contribution in [0.2, 0.25) is 10.2 Å². The standard InChI is InChI=1S/C10H8Cl2N2/c1-5-3-4-7-8(11)6(2)9(12)14-10(7)13-5/h3-4H,1-2H3. The van der Waals surface area contributed by atoms with E-state index in [-0.39, 0.29) is 0 Å². The highest BCUT2D eigenvalue weighted by Gasteiger charge is 2.08. The second kappa shape index (κ2) is 3.37. The maximum absolute atomic E-state index is 6.12. The monoisotopic (exact) mass is 226 g/mol. The molecule has 0 radical (unpaired) electrons. The SMILES string of the molecule is Cc1ccc2c(Cl)c(C)c(Cl)nc2n1. The first-order valence-corrected chi connectivity index (χ1v) is 4.94. The Labute approximate surface area is 91.9 Å². The Morgan fingerprint density at radius 2 is 1.79 bits per heavy atom. The minimum Gasteiger partial charge on any atom is -0.233 e. The summed E-state index contributed by atoms with van der Waals surface area (Å²) in [5.74, 6) is 0. The third-order valence-electron chi connectivity index (χ3n) is 2.09. The van der Waals surface area contributed by atoms with Crippen LogP contribution in [0.4, 0.5) is 0 Å². The molecule has 72 valence electrons. The van der Waals surface area contributed by atoms with E-state index in [2.05, 4.69) is 9.97 Å². The summed E-state index contributed by atoms with van der Waals surface area (Å²) in [6.45, 7) is 3.75. The fourth-order valence-electron chi connectivity index (χ4n) is 1.27. The number of pyridine rings is 2. The molecule has 0 amide bonds. The van der Waals surface area contributed by atoms with Crippen LogP contribution in [0.5, 0.6) is 0 Å². The molecular formula is C10H8Cl2N2. The maximum atomic E-state index is 6.12. The minimum absolute atomic E-state index is 0.417. The Morgan fingerprint density at radius 1 is 1.07 bits per heavy atom. The van der Waals surface area contributed by atoms with E-state index in [9.17, 15) is 0 Å². The smallest absolute Gasteiger partial charge is 0.162 e. The van der Waals surface area contributed by atoms with E-state index in [0.717, 1.165) is 16.6 Å². The highest BCUT2D eigenvalue weighted by Crippen LogP contribution is 2.28. The molecule has 2 aromatic rings. The number of aromatic nitrogens is 2. The highest BCUT2D eigenvalue weighted by molar-refractivity contribution is 6.38. The lowest BCUT2D eigenvalue weighted by Gasteiger charge is -2.04. The Balaban J connectivity index is 2.91. The van der Waals surface area contributed by atoms with Gasteiger partial charge in [-0.3, -0.25) is 0 Å². The van der Waals surface area contributed by atoms with Crippen molar-refractivity contribution in [1.29, 1.82) is 0 Å². The number of rotatable bonds is 0. The summed E-state index contributed by atoms with van der Waals surface area (Å²) in [7, 11) is 0. The second-order valence-electron chi connectivity index (χ2n) is 3.17. The van der Waals surface area contributed by atoms with E-state index in [1.807, 2.05) is 26.0 Å². The fraction of sp³-hybridized carbons (Fsp3) is 0.200. The molecule has 14 heavy (non-hydrogen) atoms. The van der Waals surface area contributed by atoms with Crippen LogP contribution in [-0.2, 0) is 0 Å². The Morgan fingerprint density at radius 3 is 2.50 bits per heavy atom. The van der Waals surface area contributed by atoms with E-state index >= 15 is 0 Å². The van der Waals surface area contributed by atoms with Crippen molar-refractivity contribution in [2.75, 3.05) is 0 Å². The molecule has 0 spiro atoms. The molecular weight excluding hydrogens is 219 g/mol. The van der Waals surface area contributed by atoms with Gasteiger partial charge in [0.25, 0.3) is 0 Å². The van der Waals surface area contributed by atoms with E-state index in [4.69, 9.17) is 23.2 Å². The lowest BCUT2D eigenvalue weighted by molar-refractivity contribution is 1.19. The molecule has 0 aliphatic rings. The zero-order valence-electron chi connectivity index (χ0n) is 7.81. The van der Waals surface area contributed by atoms with Crippen molar-refractivity contribution in [1.82, 2.24) is 9.97 Å². The molecule has 2 rings (SSSR count). The zero-order chi connectivity index (χ0) is 10.3. The largest absolute Gasteiger partial charge is 0.233 e. The minimum atomic E-state index is 0.417. The van der Waals surface area contributed by atoms with Gasteiger partial charge in [-0.05, 0) is 26.0 Å². The summed E-state index contributed by atoms with van der Waals surface area (Å²) in [6.07, 6.45) is 0. The molecule has 0 aromatic carbocycles. The van der Waals surface area contributed by atoms with Crippen LogP contribution in [0, 0.1) is 13.8 Å². The predicted octanol–water partition coefficient (Wildman–Crippen LogP) is 3.55. The van der Waals surface area contributed by atoms with Crippen molar-refractivity contribution < 1.29 is 0 Å². The van der Waals surface area contributed by atoms with Gasteiger partial charge in [0, 0.05) is 16.6 Å². The average Bonchev–Trinajstić information content (AvgIpc) is 2.14. The topological polar surface area (TPSA) is 25.8 Å². The number of halogens is 2. The molecule has 0 unspecified atom stereocenters. The molecule has 4 heteroatoms. The maximum Gasteiger partial charge on any atom is 0.162 e. The van der Waals surface area contributed by atoms with Gasteiger partial charge < -0.3 is 0 Å². The predicted molar refractivity (Wildman–Crippen MR) is 59.0 cm³/mol. The van der Waals surface area contributed by atoms with E-state index < -0.39 is 0 Å². The van der Waals surface area contributed by atoms with Crippen LogP contribution in [0.3, 0.4) is 0 Å². The molecule has 0 N–H and O–H groups in total. The molecule has 2 heterocycles. The number of fused-ring (bicyclic) bond motifs is 1. The van der Waals surface area contributed by atoms with Gasteiger partial charge in [0.1, 0.15) is 5.15 Å². The normalized spacial score (nSPS) is 10.9. The third kappa shape index (κ3) is 1.45. The summed E-state index contributed by atoms with van der Waals surface area (Å²) < 4.78 is 0. The highest BCUT2D eigenvalue weighted by atomic mass is 35.5. The summed E-state index contributed by atoms with van der Waals surface area (Å²) in [5.41, 5.74) is 2.30. The van der Waals surface area contributed by atoms with Crippen LogP contribution < -0.4 is 0 Å². The first-order valence-electron chi connectivity index (χ1n) is 4.18. The number of aryl methyl sites for hydroxylation is 1. The summed E-state index contributed by atoms with van der Waals surface area (Å²) >= 11 is 12.0. The number of hydrogen-bond acceptors (Lipinski definition) is 2. The van der Waals surface area contributed by atoms with Crippen LogP contribution in [0.25, 0.3) is 11.0 Å². The van der Waals surface area contributed by atoms with Crippen molar-refractivity contribution in [2.24, 2.45) is 0 Å². The molecule has 0 saturated carbocycles. The second-order valence-corrected chi connectivity index (χ2v) is 3.90. The quantitative estimate of drug-likeness (QED) is 0.643. The van der Waals surface area contributed by atoms with Gasteiger partial charge in [0.2, 0.25) is 0 Å². The fourth-order valence-corrected chi connectivity index (χ4v) is 1.73. The van der Waals surface area contributed by atoms with Crippen molar-refractivity contribution in [3.63, 3.8) is 0 Å². The summed E-state index contributed by atoms with van der Waals surface area (Å²) in [4.78, 5) is 8.43. The van der Waals surface area contributed by atoms with Crippen molar-refractivity contribution in [2.45, 2.75) is 13.8 Å². The Hall–Kier alpha value is -0.860. The van der Waals surface area contributed by atoms with Gasteiger partial charge in [0.15, 0.2) is 5.65 Å². The van der Waals surface area contributed by atoms with Crippen LogP contribution in [0.15, 0.2) is 12.1 Å². The van der Waals surface area contributed by atoms with Gasteiger partial charge in [0.05, 0.1) is 5.02 Å². The Kier molecular flexibility index (Phi) is 2.33. The first kappa shape index (κ1) is 9.69. The lowest BCUT2D eigenvalue weighted by Crippen LogP contribution is -1.91. The van der Waals surface area contributed by atoms with Gasteiger partial charge in [-0.1, -0.05) is 23.2 Å². The molecule has 0 aliphatic heterocycles. The third-order valence-corrected chi connectivity index (χ3v) is 2.95. The van der Waals surface area contributed by atoms with Gasteiger partial charge in [-0.2, -0.15) is 0 Å². The van der Waals surface area contributed by atoms with Crippen LogP contribution in [-0.4, -0.2) is 9.97 Å². The lowest BCUT2D eigenvalue weighted by atomic mass is 10.2. The molecule has 0 saturated heterocycles. The van der Waals surface area contributed by atoms with Crippen molar-refractivity contribution >= 4 is 34.2 Å². The first-order chi connectivity index (χ1) is 6.59. The van der Waals surface area contributed by atoms with Crippen LogP contribution in [0.1, 0.15) is 11.3 Å². The average molecular weight is 227 g/mol. The van der Waals surface area contributed by atoms with Crippen molar-refractivity contribution in [3.8, 4) is 0 Å². The molecule has 0 atom stereocenters. The van der Waals surface area contributed by atoms with Crippen molar-refractivity contribution in [3.05, 3.63) is 33.6 Å². The molecule has 0 bridgehead atoms. The van der Waals surface area contributed by atoms with Crippen LogP contribution >= 0.6 is 23.2 Å². The molecule has 2 aromatic heterocycles. The Bertz CT molecular complexity index is 509. The number of nitrogens with zero attached hydrogens (tertiary/aromatic N) is 2. The number of hydrogen-bond donors (Lipinski definition) is 0. The molecule has 2 nitrogen and oxygen atoms in total. The van der Waals surface area contributed by atoms with Gasteiger partial charge >= 0.3 is 0 Å². The van der Waals surface area contributed by atoms with E-state index in [0.29, 0.717) is 15.8 Å².